The first kappa shape index (κ1) is 16.9. The largest absolute Gasteiger partial charge is 0.455 e. The molecule has 1 aromatic rings. The van der Waals surface area contributed by atoms with E-state index in [0.29, 0.717) is 6.42 Å². The van der Waals surface area contributed by atoms with Gasteiger partial charge in [0, 0.05) is 13.1 Å². The number of esters is 1. The molecular formula is C19H24FNO3. The minimum atomic E-state index is -0.343. The van der Waals surface area contributed by atoms with Crippen molar-refractivity contribution in [2.75, 3.05) is 19.7 Å². The quantitative estimate of drug-likeness (QED) is 0.795. The van der Waals surface area contributed by atoms with Crippen LogP contribution in [0.5, 0.6) is 0 Å². The number of hydrogen-bond donors (Lipinski definition) is 0. The predicted molar refractivity (Wildman–Crippen MR) is 87.9 cm³/mol. The number of benzene rings is 1. The lowest BCUT2D eigenvalue weighted by Crippen LogP contribution is -2.37. The van der Waals surface area contributed by atoms with Crippen molar-refractivity contribution in [3.63, 3.8) is 0 Å². The van der Waals surface area contributed by atoms with Crippen LogP contribution in [0.2, 0.25) is 0 Å². The molecule has 130 valence electrons. The van der Waals surface area contributed by atoms with E-state index in [2.05, 4.69) is 0 Å². The van der Waals surface area contributed by atoms with Gasteiger partial charge < -0.3 is 9.64 Å². The smallest absolute Gasteiger partial charge is 0.310 e. The third kappa shape index (κ3) is 4.34. The Balaban J connectivity index is 1.45. The van der Waals surface area contributed by atoms with Gasteiger partial charge in [-0.2, -0.15) is 0 Å². The zero-order chi connectivity index (χ0) is 16.9. The van der Waals surface area contributed by atoms with Gasteiger partial charge in [0.1, 0.15) is 5.82 Å². The molecule has 0 bridgehead atoms. The van der Waals surface area contributed by atoms with Gasteiger partial charge in [-0.1, -0.05) is 31.4 Å². The molecule has 1 aliphatic carbocycles. The van der Waals surface area contributed by atoms with Crippen LogP contribution >= 0.6 is 0 Å². The molecule has 1 aliphatic heterocycles. The Morgan fingerprint density at radius 2 is 1.83 bits per heavy atom. The zero-order valence-corrected chi connectivity index (χ0v) is 13.9. The van der Waals surface area contributed by atoms with Gasteiger partial charge in [0.25, 0.3) is 5.91 Å². The molecule has 0 radical (unpaired) electrons. The highest BCUT2D eigenvalue weighted by Gasteiger charge is 2.45. The molecule has 1 aromatic carbocycles. The standard InChI is InChI=1S/C19H24FNO3/c20-15-8-6-7-14(11-15)16-12-17(16)19(23)24-13-18(22)21-9-4-2-1-3-5-10-21/h6-8,11,16-17H,1-5,9-10,12-13H2/t16-,17-/m1/s1. The summed E-state index contributed by atoms with van der Waals surface area (Å²) in [5, 5.41) is 0. The number of likely N-dealkylation sites (tertiary alicyclic amines) is 1. The third-order valence-electron chi connectivity index (χ3n) is 4.92. The fourth-order valence-electron chi connectivity index (χ4n) is 3.39. The molecule has 0 aromatic heterocycles. The van der Waals surface area contributed by atoms with Crippen molar-refractivity contribution in [1.29, 1.82) is 0 Å². The highest BCUT2D eigenvalue weighted by molar-refractivity contribution is 5.83. The van der Waals surface area contributed by atoms with E-state index in [9.17, 15) is 14.0 Å². The Morgan fingerprint density at radius 1 is 1.12 bits per heavy atom. The van der Waals surface area contributed by atoms with Gasteiger partial charge in [-0.25, -0.2) is 4.39 Å². The van der Waals surface area contributed by atoms with Crippen molar-refractivity contribution in [2.24, 2.45) is 5.92 Å². The number of hydrogen-bond acceptors (Lipinski definition) is 3. The van der Waals surface area contributed by atoms with Gasteiger partial charge >= 0.3 is 5.97 Å². The summed E-state index contributed by atoms with van der Waals surface area (Å²) >= 11 is 0. The molecule has 4 nitrogen and oxygen atoms in total. The highest BCUT2D eigenvalue weighted by Crippen LogP contribution is 2.48. The molecule has 1 saturated heterocycles. The van der Waals surface area contributed by atoms with Crippen LogP contribution in [0.25, 0.3) is 0 Å². The van der Waals surface area contributed by atoms with Crippen LogP contribution in [-0.4, -0.2) is 36.5 Å². The summed E-state index contributed by atoms with van der Waals surface area (Å²) in [7, 11) is 0. The van der Waals surface area contributed by atoms with E-state index in [1.165, 1.54) is 18.6 Å². The Morgan fingerprint density at radius 3 is 2.54 bits per heavy atom. The van der Waals surface area contributed by atoms with Gasteiger partial charge in [0.05, 0.1) is 5.92 Å². The lowest BCUT2D eigenvalue weighted by molar-refractivity contribution is -0.153. The first-order valence-corrected chi connectivity index (χ1v) is 8.85. The second-order valence-electron chi connectivity index (χ2n) is 6.76. The Labute approximate surface area is 142 Å². The number of carbonyl (C=O) groups is 2. The molecule has 5 heteroatoms. The van der Waals surface area contributed by atoms with Crippen LogP contribution in [0.3, 0.4) is 0 Å². The second-order valence-corrected chi connectivity index (χ2v) is 6.76. The first-order valence-electron chi connectivity index (χ1n) is 8.85. The number of rotatable bonds is 4. The number of nitrogens with zero attached hydrogens (tertiary/aromatic N) is 1. The SMILES string of the molecule is O=C(OCC(=O)N1CCCCCCC1)[C@@H]1C[C@@H]1c1cccc(F)c1. The molecule has 1 amide bonds. The Bertz CT molecular complexity index is 596. The van der Waals surface area contributed by atoms with Crippen molar-refractivity contribution in [3.05, 3.63) is 35.6 Å². The number of amides is 1. The van der Waals surface area contributed by atoms with Crippen molar-refractivity contribution < 1.29 is 18.7 Å². The second kappa shape index (κ2) is 7.77. The fraction of sp³-hybridized carbons (Fsp3) is 0.579. The van der Waals surface area contributed by atoms with Crippen LogP contribution in [-0.2, 0) is 14.3 Å². The molecule has 0 spiro atoms. The van der Waals surface area contributed by atoms with Crippen LogP contribution in [0.15, 0.2) is 24.3 Å². The van der Waals surface area contributed by atoms with Crippen molar-refractivity contribution in [1.82, 2.24) is 4.90 Å². The van der Waals surface area contributed by atoms with Crippen LogP contribution < -0.4 is 0 Å². The van der Waals surface area contributed by atoms with Gasteiger partial charge in [-0.15, -0.1) is 0 Å². The third-order valence-corrected chi connectivity index (χ3v) is 4.92. The zero-order valence-electron chi connectivity index (χ0n) is 13.9. The summed E-state index contributed by atoms with van der Waals surface area (Å²) in [6, 6.07) is 6.33. The van der Waals surface area contributed by atoms with E-state index in [1.807, 2.05) is 11.0 Å². The highest BCUT2D eigenvalue weighted by atomic mass is 19.1. The fourth-order valence-corrected chi connectivity index (χ4v) is 3.39. The maximum atomic E-state index is 13.2. The summed E-state index contributed by atoms with van der Waals surface area (Å²) in [6.45, 7) is 1.34. The van der Waals surface area contributed by atoms with E-state index in [-0.39, 0.29) is 36.1 Å². The normalized spacial score (nSPS) is 24.0. The van der Waals surface area contributed by atoms with Gasteiger partial charge in [-0.3, -0.25) is 9.59 Å². The molecule has 1 saturated carbocycles. The van der Waals surface area contributed by atoms with E-state index >= 15 is 0 Å². The molecule has 3 rings (SSSR count). The number of carbonyl (C=O) groups excluding carboxylic acids is 2. The molecule has 0 unspecified atom stereocenters. The molecule has 0 N–H and O–H groups in total. The first-order chi connectivity index (χ1) is 11.6. The molecular weight excluding hydrogens is 309 g/mol. The van der Waals surface area contributed by atoms with Crippen molar-refractivity contribution >= 4 is 11.9 Å². The van der Waals surface area contributed by atoms with E-state index < -0.39 is 0 Å². The predicted octanol–water partition coefficient (Wildman–Crippen LogP) is 3.27. The van der Waals surface area contributed by atoms with Gasteiger partial charge in [0.2, 0.25) is 0 Å². The van der Waals surface area contributed by atoms with Crippen LogP contribution in [0.1, 0.15) is 50.0 Å². The average Bonchev–Trinajstić information content (AvgIpc) is 3.33. The Hall–Kier alpha value is -1.91. The van der Waals surface area contributed by atoms with Crippen LogP contribution in [0, 0.1) is 11.7 Å². The average molecular weight is 333 g/mol. The summed E-state index contributed by atoms with van der Waals surface area (Å²) in [5.41, 5.74) is 0.826. The summed E-state index contributed by atoms with van der Waals surface area (Å²) in [4.78, 5) is 26.1. The van der Waals surface area contributed by atoms with Crippen molar-refractivity contribution in [2.45, 2.75) is 44.4 Å². The molecule has 2 fully saturated rings. The van der Waals surface area contributed by atoms with E-state index in [4.69, 9.17) is 4.74 Å². The maximum Gasteiger partial charge on any atom is 0.310 e. The monoisotopic (exact) mass is 333 g/mol. The molecule has 2 atom stereocenters. The summed E-state index contributed by atoms with van der Waals surface area (Å²) in [5.74, 6) is -0.964. The minimum Gasteiger partial charge on any atom is -0.455 e. The van der Waals surface area contributed by atoms with Gasteiger partial charge in [0.15, 0.2) is 6.61 Å². The van der Waals surface area contributed by atoms with E-state index in [0.717, 1.165) is 44.3 Å². The molecule has 2 aliphatic rings. The molecule has 1 heterocycles. The van der Waals surface area contributed by atoms with E-state index in [1.54, 1.807) is 6.07 Å². The Kier molecular flexibility index (Phi) is 5.48. The molecule has 24 heavy (non-hydrogen) atoms. The lowest BCUT2D eigenvalue weighted by atomic mass is 10.1. The number of ether oxygens (including phenoxy) is 1. The van der Waals surface area contributed by atoms with Crippen molar-refractivity contribution in [3.8, 4) is 0 Å². The number of halogens is 1. The maximum absolute atomic E-state index is 13.2. The van der Waals surface area contributed by atoms with Crippen LogP contribution in [0.4, 0.5) is 4.39 Å². The minimum absolute atomic E-state index is 0.0185. The summed E-state index contributed by atoms with van der Waals surface area (Å²) in [6.07, 6.45) is 6.25. The topological polar surface area (TPSA) is 46.6 Å². The summed E-state index contributed by atoms with van der Waals surface area (Å²) < 4.78 is 18.5. The lowest BCUT2D eigenvalue weighted by Gasteiger charge is -2.24. The van der Waals surface area contributed by atoms with Gasteiger partial charge in [-0.05, 0) is 42.9 Å².